The topological polar surface area (TPSA) is 12.0 Å². The molecule has 3 rings (SSSR count). The number of benzene rings is 1. The summed E-state index contributed by atoms with van der Waals surface area (Å²) in [5, 5.41) is 3.64. The Kier molecular flexibility index (Phi) is 1.66. The van der Waals surface area contributed by atoms with Crippen molar-refractivity contribution in [3.8, 4) is 0 Å². The summed E-state index contributed by atoms with van der Waals surface area (Å²) in [6.45, 7) is 1.16. The van der Waals surface area contributed by atoms with E-state index < -0.39 is 0 Å². The van der Waals surface area contributed by atoms with Gasteiger partial charge in [0, 0.05) is 6.04 Å². The summed E-state index contributed by atoms with van der Waals surface area (Å²) in [6.07, 6.45) is 4.05. The van der Waals surface area contributed by atoms with Crippen molar-refractivity contribution in [3.05, 3.63) is 35.4 Å². The van der Waals surface area contributed by atoms with Crippen molar-refractivity contribution in [2.24, 2.45) is 5.92 Å². The van der Waals surface area contributed by atoms with Gasteiger partial charge in [0.2, 0.25) is 0 Å². The first-order valence-corrected chi connectivity index (χ1v) is 5.26. The molecule has 0 bridgehead atoms. The Bertz CT molecular complexity index is 315. The van der Waals surface area contributed by atoms with Gasteiger partial charge in [0.25, 0.3) is 0 Å². The van der Waals surface area contributed by atoms with Crippen molar-refractivity contribution in [3.63, 3.8) is 0 Å². The standard InChI is InChI=1S/C12H15N/c1-2-4-11-9(3-1)7-8-13-12(11)10-5-6-10/h1-4,10,12-13H,5-8H2. The van der Waals surface area contributed by atoms with E-state index in [1.807, 2.05) is 0 Å². The summed E-state index contributed by atoms with van der Waals surface area (Å²) in [7, 11) is 0. The summed E-state index contributed by atoms with van der Waals surface area (Å²) in [5.41, 5.74) is 3.13. The van der Waals surface area contributed by atoms with Crippen molar-refractivity contribution in [2.45, 2.75) is 25.3 Å². The zero-order chi connectivity index (χ0) is 8.67. The van der Waals surface area contributed by atoms with E-state index in [1.54, 1.807) is 11.1 Å². The van der Waals surface area contributed by atoms with Crippen molar-refractivity contribution >= 4 is 0 Å². The van der Waals surface area contributed by atoms with Crippen molar-refractivity contribution < 1.29 is 0 Å². The first kappa shape index (κ1) is 7.57. The predicted octanol–water partition coefficient (Wildman–Crippen LogP) is 2.28. The molecule has 1 aromatic carbocycles. The van der Waals surface area contributed by atoms with Gasteiger partial charge < -0.3 is 5.32 Å². The number of hydrogen-bond acceptors (Lipinski definition) is 1. The molecule has 1 saturated carbocycles. The first-order chi connectivity index (χ1) is 6.45. The summed E-state index contributed by atoms with van der Waals surface area (Å²) < 4.78 is 0. The fraction of sp³-hybridized carbons (Fsp3) is 0.500. The number of nitrogens with one attached hydrogen (secondary N) is 1. The van der Waals surface area contributed by atoms with Crippen LogP contribution in [0, 0.1) is 5.92 Å². The molecule has 1 heteroatoms. The normalized spacial score (nSPS) is 26.9. The molecule has 1 N–H and O–H groups in total. The van der Waals surface area contributed by atoms with Crippen LogP contribution in [0.5, 0.6) is 0 Å². The van der Waals surface area contributed by atoms with Crippen LogP contribution >= 0.6 is 0 Å². The molecule has 1 atom stereocenters. The molecular formula is C12H15N. The van der Waals surface area contributed by atoms with E-state index in [9.17, 15) is 0 Å². The maximum Gasteiger partial charge on any atom is 0.0351 e. The van der Waals surface area contributed by atoms with E-state index in [-0.39, 0.29) is 0 Å². The highest BCUT2D eigenvalue weighted by atomic mass is 14.9. The van der Waals surface area contributed by atoms with Crippen LogP contribution in [0.1, 0.15) is 30.0 Å². The molecule has 0 saturated heterocycles. The molecule has 0 aromatic heterocycles. The summed E-state index contributed by atoms with van der Waals surface area (Å²) in [6, 6.07) is 9.58. The predicted molar refractivity (Wildman–Crippen MR) is 53.6 cm³/mol. The molecule has 1 aliphatic carbocycles. The number of fused-ring (bicyclic) bond motifs is 1. The van der Waals surface area contributed by atoms with Gasteiger partial charge in [0.05, 0.1) is 0 Å². The molecular weight excluding hydrogens is 158 g/mol. The second-order valence-corrected chi connectivity index (χ2v) is 4.22. The highest BCUT2D eigenvalue weighted by Gasteiger charge is 2.34. The maximum absolute atomic E-state index is 3.64. The Morgan fingerprint density at radius 1 is 1.15 bits per heavy atom. The van der Waals surface area contributed by atoms with Crippen molar-refractivity contribution in [2.75, 3.05) is 6.54 Å². The zero-order valence-corrected chi connectivity index (χ0v) is 7.79. The molecule has 1 nitrogen and oxygen atoms in total. The van der Waals surface area contributed by atoms with Crippen LogP contribution < -0.4 is 5.32 Å². The smallest absolute Gasteiger partial charge is 0.0351 e. The Hall–Kier alpha value is -0.820. The molecule has 1 aromatic rings. The van der Waals surface area contributed by atoms with Crippen molar-refractivity contribution in [1.29, 1.82) is 0 Å². The summed E-state index contributed by atoms with van der Waals surface area (Å²) >= 11 is 0. The van der Waals surface area contributed by atoms with Crippen LogP contribution in [-0.4, -0.2) is 6.54 Å². The Morgan fingerprint density at radius 2 is 2.00 bits per heavy atom. The van der Waals surface area contributed by atoms with Gasteiger partial charge in [-0.25, -0.2) is 0 Å². The molecule has 1 unspecified atom stereocenters. The third kappa shape index (κ3) is 1.28. The lowest BCUT2D eigenvalue weighted by atomic mass is 9.92. The highest BCUT2D eigenvalue weighted by Crippen LogP contribution is 2.42. The highest BCUT2D eigenvalue weighted by molar-refractivity contribution is 5.33. The van der Waals surface area contributed by atoms with Crippen LogP contribution in [0.25, 0.3) is 0 Å². The number of rotatable bonds is 1. The minimum absolute atomic E-state index is 0.671. The van der Waals surface area contributed by atoms with Crippen LogP contribution in [0.15, 0.2) is 24.3 Å². The van der Waals surface area contributed by atoms with Crippen LogP contribution in [0.2, 0.25) is 0 Å². The van der Waals surface area contributed by atoms with Gasteiger partial charge in [0.15, 0.2) is 0 Å². The molecule has 1 heterocycles. The van der Waals surface area contributed by atoms with E-state index in [0.29, 0.717) is 6.04 Å². The van der Waals surface area contributed by atoms with Crippen molar-refractivity contribution in [1.82, 2.24) is 5.32 Å². The van der Waals surface area contributed by atoms with E-state index >= 15 is 0 Å². The lowest BCUT2D eigenvalue weighted by Crippen LogP contribution is -2.30. The SMILES string of the molecule is c1ccc2c(c1)CCNC2C1CC1. The van der Waals surface area contributed by atoms with Gasteiger partial charge >= 0.3 is 0 Å². The summed E-state index contributed by atoms with van der Waals surface area (Å²) in [5.74, 6) is 0.932. The van der Waals surface area contributed by atoms with Crippen LogP contribution in [0.3, 0.4) is 0 Å². The monoisotopic (exact) mass is 173 g/mol. The largest absolute Gasteiger partial charge is 0.309 e. The minimum Gasteiger partial charge on any atom is -0.309 e. The van der Waals surface area contributed by atoms with Gasteiger partial charge in [-0.15, -0.1) is 0 Å². The van der Waals surface area contributed by atoms with Gasteiger partial charge in [-0.3, -0.25) is 0 Å². The van der Waals surface area contributed by atoms with Gasteiger partial charge in [0.1, 0.15) is 0 Å². The molecule has 13 heavy (non-hydrogen) atoms. The molecule has 1 aliphatic heterocycles. The third-order valence-corrected chi connectivity index (χ3v) is 3.24. The molecule has 1 fully saturated rings. The second-order valence-electron chi connectivity index (χ2n) is 4.22. The van der Waals surface area contributed by atoms with E-state index in [4.69, 9.17) is 0 Å². The molecule has 0 spiro atoms. The molecule has 2 aliphatic rings. The Balaban J connectivity index is 2.00. The minimum atomic E-state index is 0.671. The number of hydrogen-bond donors (Lipinski definition) is 1. The van der Waals surface area contributed by atoms with Crippen LogP contribution in [-0.2, 0) is 6.42 Å². The lowest BCUT2D eigenvalue weighted by Gasteiger charge is -2.26. The third-order valence-electron chi connectivity index (χ3n) is 3.24. The Morgan fingerprint density at radius 3 is 2.85 bits per heavy atom. The van der Waals surface area contributed by atoms with Gasteiger partial charge in [-0.05, 0) is 42.9 Å². The average Bonchev–Trinajstić information content (AvgIpc) is 3.00. The summed E-state index contributed by atoms with van der Waals surface area (Å²) in [4.78, 5) is 0. The van der Waals surface area contributed by atoms with Gasteiger partial charge in [-0.2, -0.15) is 0 Å². The fourth-order valence-electron chi connectivity index (χ4n) is 2.39. The average molecular weight is 173 g/mol. The lowest BCUT2D eigenvalue weighted by molar-refractivity contribution is 0.458. The van der Waals surface area contributed by atoms with E-state index in [1.165, 1.54) is 19.3 Å². The molecule has 68 valence electrons. The van der Waals surface area contributed by atoms with Crippen LogP contribution in [0.4, 0.5) is 0 Å². The Labute approximate surface area is 79.2 Å². The second kappa shape index (κ2) is 2.85. The zero-order valence-electron chi connectivity index (χ0n) is 7.79. The van der Waals surface area contributed by atoms with E-state index in [2.05, 4.69) is 29.6 Å². The molecule has 0 amide bonds. The quantitative estimate of drug-likeness (QED) is 0.687. The van der Waals surface area contributed by atoms with E-state index in [0.717, 1.165) is 12.5 Å². The van der Waals surface area contributed by atoms with Gasteiger partial charge in [-0.1, -0.05) is 24.3 Å². The fourth-order valence-corrected chi connectivity index (χ4v) is 2.39. The maximum atomic E-state index is 3.64. The molecule has 0 radical (unpaired) electrons. The first-order valence-electron chi connectivity index (χ1n) is 5.26.